The molecule has 5 rings (SSSR count). The first kappa shape index (κ1) is 50.6. The van der Waals surface area contributed by atoms with E-state index in [0.29, 0.717) is 28.2 Å². The van der Waals surface area contributed by atoms with E-state index < -0.39 is 76.0 Å². The molecule has 0 spiro atoms. The standard InChI is InChI=1S/C44H49F6N4O10P/c1-28(2)54(29(3)4)65(62-24-10-22-51)64-38-35(63-40(53-23-21-37(55)52-41(53)56)39(38)60-27-59-26-36(43(45,46)47)44(48,49)50)25-61-42(30-11-8-7-9-12-30,31-13-17-33(57-5)18-14-31)32-15-19-34(58-6)20-16-32/h7-9,11-21,23,28-29,36,39-40H,10,24-27H2,1-6H3,(H,52,55,56)/t39?,40-,65?/m1/s1. The van der Waals surface area contributed by atoms with Crippen LogP contribution in [0.25, 0.3) is 0 Å². The van der Waals surface area contributed by atoms with Crippen molar-refractivity contribution in [3.05, 3.63) is 140 Å². The van der Waals surface area contributed by atoms with E-state index in [1.165, 1.54) is 14.2 Å². The molecule has 1 aliphatic rings. The number of nitrogens with one attached hydrogen (secondary N) is 1. The van der Waals surface area contributed by atoms with Gasteiger partial charge in [0, 0.05) is 24.3 Å². The van der Waals surface area contributed by atoms with Crippen LogP contribution >= 0.6 is 8.53 Å². The molecular weight excluding hydrogens is 889 g/mol. The van der Waals surface area contributed by atoms with Crippen LogP contribution in [-0.2, 0) is 33.6 Å². The molecule has 0 aliphatic carbocycles. The van der Waals surface area contributed by atoms with Gasteiger partial charge in [-0.3, -0.25) is 14.3 Å². The monoisotopic (exact) mass is 938 g/mol. The number of halogens is 6. The molecule has 2 unspecified atom stereocenters. The van der Waals surface area contributed by atoms with Gasteiger partial charge in [0.25, 0.3) is 5.56 Å². The number of rotatable bonds is 22. The molecule has 352 valence electrons. The van der Waals surface area contributed by atoms with Crippen LogP contribution in [-0.4, -0.2) is 85.6 Å². The summed E-state index contributed by atoms with van der Waals surface area (Å²) in [6.07, 6.45) is -13.7. The Morgan fingerprint density at radius 2 is 1.38 bits per heavy atom. The summed E-state index contributed by atoms with van der Waals surface area (Å²) in [6, 6.07) is 25.7. The summed E-state index contributed by atoms with van der Waals surface area (Å²) in [5.74, 6) is -3.14. The van der Waals surface area contributed by atoms with Gasteiger partial charge in [-0.05, 0) is 68.7 Å². The highest BCUT2D eigenvalue weighted by molar-refractivity contribution is 7.44. The maximum Gasteiger partial charge on any atom is 0.402 e. The normalized spacial score (nSPS) is 16.3. The smallest absolute Gasteiger partial charge is 0.402 e. The molecule has 0 saturated heterocycles. The summed E-state index contributed by atoms with van der Waals surface area (Å²) in [5.41, 5.74) is -1.45. The fourth-order valence-electron chi connectivity index (χ4n) is 7.03. The van der Waals surface area contributed by atoms with Crippen molar-refractivity contribution in [3.8, 4) is 17.6 Å². The predicted molar refractivity (Wildman–Crippen MR) is 224 cm³/mol. The second-order valence-electron chi connectivity index (χ2n) is 15.0. The first-order chi connectivity index (χ1) is 30.8. The number of aromatic amines is 1. The average Bonchev–Trinajstić information content (AvgIpc) is 3.59. The largest absolute Gasteiger partial charge is 0.497 e. The first-order valence-electron chi connectivity index (χ1n) is 20.1. The lowest BCUT2D eigenvalue weighted by Gasteiger charge is -2.37. The van der Waals surface area contributed by atoms with Crippen molar-refractivity contribution < 1.29 is 63.8 Å². The number of ether oxygens (including phenoxy) is 6. The minimum atomic E-state index is -5.70. The molecule has 1 N–H and O–H groups in total. The van der Waals surface area contributed by atoms with Crippen molar-refractivity contribution in [2.45, 2.75) is 76.5 Å². The van der Waals surface area contributed by atoms with Gasteiger partial charge in [0.05, 0.1) is 39.9 Å². The lowest BCUT2D eigenvalue weighted by atomic mass is 9.80. The first-order valence-corrected chi connectivity index (χ1v) is 21.3. The van der Waals surface area contributed by atoms with Gasteiger partial charge in [0.1, 0.15) is 30.5 Å². The van der Waals surface area contributed by atoms with Gasteiger partial charge in [0.15, 0.2) is 23.5 Å². The number of nitrogens with zero attached hydrogens (tertiary/aromatic N) is 3. The molecule has 0 radical (unpaired) electrons. The number of nitriles is 1. The summed E-state index contributed by atoms with van der Waals surface area (Å²) in [6.45, 7) is 3.76. The van der Waals surface area contributed by atoms with Gasteiger partial charge < -0.3 is 37.5 Å². The minimum Gasteiger partial charge on any atom is -0.497 e. The van der Waals surface area contributed by atoms with Crippen LogP contribution in [0.3, 0.4) is 0 Å². The Labute approximate surface area is 372 Å². The number of alkyl halides is 6. The Kier molecular flexibility index (Phi) is 17.3. The highest BCUT2D eigenvalue weighted by Crippen LogP contribution is 2.52. The molecule has 0 fully saturated rings. The molecule has 0 amide bonds. The minimum absolute atomic E-state index is 0.0518. The molecule has 2 heterocycles. The highest BCUT2D eigenvalue weighted by atomic mass is 31.2. The Hall–Kier alpha value is -5.42. The molecular formula is C44H49F6N4O10P. The maximum atomic E-state index is 13.5. The van der Waals surface area contributed by atoms with Gasteiger partial charge in [-0.25, -0.2) is 9.46 Å². The van der Waals surface area contributed by atoms with E-state index in [-0.39, 0.29) is 36.6 Å². The van der Waals surface area contributed by atoms with Crippen molar-refractivity contribution in [3.63, 3.8) is 0 Å². The Morgan fingerprint density at radius 3 is 1.88 bits per heavy atom. The lowest BCUT2D eigenvalue weighted by Crippen LogP contribution is -2.40. The topological polar surface area (TPSA) is 156 Å². The van der Waals surface area contributed by atoms with Crippen LogP contribution in [0, 0.1) is 17.2 Å². The van der Waals surface area contributed by atoms with Gasteiger partial charge in [0.2, 0.25) is 6.23 Å². The zero-order chi connectivity index (χ0) is 47.5. The van der Waals surface area contributed by atoms with Gasteiger partial charge in [-0.2, -0.15) is 31.6 Å². The Morgan fingerprint density at radius 1 is 0.831 bits per heavy atom. The third-order valence-corrected chi connectivity index (χ3v) is 12.1. The zero-order valence-electron chi connectivity index (χ0n) is 36.2. The Bertz CT molecular complexity index is 2270. The molecule has 4 aromatic rings. The van der Waals surface area contributed by atoms with Gasteiger partial charge >= 0.3 is 26.6 Å². The summed E-state index contributed by atoms with van der Waals surface area (Å²) in [5, 5.41) is 9.39. The number of H-pyrrole nitrogens is 1. The zero-order valence-corrected chi connectivity index (χ0v) is 37.1. The molecule has 1 aliphatic heterocycles. The molecule has 14 nitrogen and oxygen atoms in total. The average molecular weight is 939 g/mol. The number of hydrogen-bond donors (Lipinski definition) is 1. The fraction of sp³-hybridized carbons (Fsp3) is 0.432. The van der Waals surface area contributed by atoms with Crippen molar-refractivity contribution >= 4 is 8.53 Å². The van der Waals surface area contributed by atoms with Crippen molar-refractivity contribution in [1.82, 2.24) is 14.2 Å². The van der Waals surface area contributed by atoms with Crippen LogP contribution in [0.15, 0.2) is 112 Å². The molecule has 0 saturated carbocycles. The molecule has 21 heteroatoms. The van der Waals surface area contributed by atoms with Crippen molar-refractivity contribution in [1.29, 1.82) is 5.26 Å². The van der Waals surface area contributed by atoms with E-state index in [1.807, 2.05) is 68.8 Å². The quantitative estimate of drug-likeness (QED) is 0.0264. The highest BCUT2D eigenvalue weighted by Gasteiger charge is 2.57. The Balaban J connectivity index is 1.71. The van der Waals surface area contributed by atoms with E-state index in [0.717, 1.165) is 16.8 Å². The van der Waals surface area contributed by atoms with Crippen LogP contribution in [0.5, 0.6) is 11.5 Å². The number of aromatic nitrogens is 2. The number of methoxy groups -OCH3 is 2. The van der Waals surface area contributed by atoms with Crippen LogP contribution in [0.2, 0.25) is 0 Å². The summed E-state index contributed by atoms with van der Waals surface area (Å²) < 4.78 is 132. The summed E-state index contributed by atoms with van der Waals surface area (Å²) in [4.78, 5) is 27.7. The molecule has 3 aromatic carbocycles. The third kappa shape index (κ3) is 12.3. The second-order valence-corrected chi connectivity index (χ2v) is 16.3. The van der Waals surface area contributed by atoms with Crippen LogP contribution < -0.4 is 20.7 Å². The fourth-order valence-corrected chi connectivity index (χ4v) is 8.68. The lowest BCUT2D eigenvalue weighted by molar-refractivity contribution is -0.299. The molecule has 65 heavy (non-hydrogen) atoms. The summed E-state index contributed by atoms with van der Waals surface area (Å²) in [7, 11) is 0.808. The van der Waals surface area contributed by atoms with E-state index in [9.17, 15) is 41.2 Å². The maximum absolute atomic E-state index is 13.5. The van der Waals surface area contributed by atoms with Gasteiger partial charge in [-0.15, -0.1) is 0 Å². The predicted octanol–water partition coefficient (Wildman–Crippen LogP) is 8.70. The van der Waals surface area contributed by atoms with Crippen LogP contribution in [0.1, 0.15) is 57.0 Å². The molecule has 1 aromatic heterocycles. The molecule has 0 bridgehead atoms. The number of hydrogen-bond acceptors (Lipinski definition) is 12. The third-order valence-electron chi connectivity index (χ3n) is 10.0. The van der Waals surface area contributed by atoms with Crippen molar-refractivity contribution in [2.75, 3.05) is 40.8 Å². The number of benzene rings is 3. The van der Waals surface area contributed by atoms with E-state index in [4.69, 9.17) is 37.5 Å². The SMILES string of the molecule is COc1ccc(C(OCC2=C(OP(OCCC#N)N(C(C)C)C(C)C)C(OCOCC(C(F)(F)F)C(F)(F)F)[C@H](n3ccc(=O)[nH]c3=O)O2)(c2ccccc2)c2ccc(OC)cc2)cc1. The van der Waals surface area contributed by atoms with Crippen LogP contribution in [0.4, 0.5) is 26.3 Å². The van der Waals surface area contributed by atoms with Gasteiger partial charge in [-0.1, -0.05) is 54.6 Å². The van der Waals surface area contributed by atoms with E-state index in [1.54, 1.807) is 48.5 Å². The second kappa shape index (κ2) is 22.2. The van der Waals surface area contributed by atoms with E-state index in [2.05, 4.69) is 4.98 Å². The molecule has 3 atom stereocenters. The van der Waals surface area contributed by atoms with E-state index >= 15 is 0 Å². The summed E-state index contributed by atoms with van der Waals surface area (Å²) >= 11 is 0. The van der Waals surface area contributed by atoms with Crippen molar-refractivity contribution in [2.24, 2.45) is 5.92 Å².